The molecule has 23 heavy (non-hydrogen) atoms. The van der Waals surface area contributed by atoms with Gasteiger partial charge in [-0.3, -0.25) is 0 Å². The summed E-state index contributed by atoms with van der Waals surface area (Å²) in [5.41, 5.74) is -0.902. The van der Waals surface area contributed by atoms with Crippen molar-refractivity contribution >= 4 is 21.6 Å². The molecule has 8 heteroatoms. The lowest BCUT2D eigenvalue weighted by atomic mass is 9.94. The molecule has 1 aliphatic rings. The lowest BCUT2D eigenvalue weighted by Crippen LogP contribution is -2.41. The van der Waals surface area contributed by atoms with Crippen LogP contribution in [0.5, 0.6) is 0 Å². The molecule has 0 radical (unpaired) electrons. The summed E-state index contributed by atoms with van der Waals surface area (Å²) in [7, 11) is -0.0601. The fourth-order valence-electron chi connectivity index (χ4n) is 2.96. The maximum Gasteiger partial charge on any atom is 0.244 e. The largest absolute Gasteiger partial charge is 0.389 e. The molecule has 130 valence electrons. The highest BCUT2D eigenvalue weighted by Gasteiger charge is 2.35. The van der Waals surface area contributed by atoms with E-state index in [9.17, 15) is 17.9 Å². The van der Waals surface area contributed by atoms with E-state index in [-0.39, 0.29) is 16.5 Å². The second kappa shape index (κ2) is 7.03. The van der Waals surface area contributed by atoms with Crippen molar-refractivity contribution in [2.45, 2.75) is 29.8 Å². The van der Waals surface area contributed by atoms with Gasteiger partial charge in [0, 0.05) is 19.6 Å². The average molecular weight is 365 g/mol. The van der Waals surface area contributed by atoms with E-state index in [0.717, 1.165) is 12.1 Å². The van der Waals surface area contributed by atoms with Crippen molar-refractivity contribution in [2.24, 2.45) is 0 Å². The Labute approximate surface area is 141 Å². The van der Waals surface area contributed by atoms with Gasteiger partial charge in [0.2, 0.25) is 10.0 Å². The number of sulfonamides is 1. The Balaban J connectivity index is 2.21. The zero-order chi connectivity index (χ0) is 17.3. The molecule has 1 heterocycles. The molecule has 1 aromatic rings. The molecule has 0 bridgehead atoms. The average Bonchev–Trinajstić information content (AvgIpc) is 2.59. The van der Waals surface area contributed by atoms with Crippen LogP contribution in [0.3, 0.4) is 0 Å². The zero-order valence-electron chi connectivity index (χ0n) is 13.3. The minimum atomic E-state index is -3.80. The smallest absolute Gasteiger partial charge is 0.244 e. The highest BCUT2D eigenvalue weighted by atomic mass is 35.5. The van der Waals surface area contributed by atoms with E-state index in [1.54, 1.807) is 0 Å². The zero-order valence-corrected chi connectivity index (χ0v) is 14.9. The summed E-state index contributed by atoms with van der Waals surface area (Å²) in [6, 6.07) is 3.26. The summed E-state index contributed by atoms with van der Waals surface area (Å²) in [6.45, 7) is 1.00. The van der Waals surface area contributed by atoms with Gasteiger partial charge < -0.3 is 10.0 Å². The minimum Gasteiger partial charge on any atom is -0.389 e. The summed E-state index contributed by atoms with van der Waals surface area (Å²) in [6.07, 6.45) is 1.44. The van der Waals surface area contributed by atoms with Crippen LogP contribution in [0.1, 0.15) is 19.3 Å². The Hall–Kier alpha value is -0.730. The van der Waals surface area contributed by atoms with E-state index in [4.69, 9.17) is 11.6 Å². The monoisotopic (exact) mass is 364 g/mol. The van der Waals surface area contributed by atoms with Gasteiger partial charge in [0.1, 0.15) is 10.7 Å². The fraction of sp³-hybridized carbons (Fsp3) is 0.600. The Morgan fingerprint density at radius 1 is 1.35 bits per heavy atom. The van der Waals surface area contributed by atoms with Crippen LogP contribution in [0, 0.1) is 5.82 Å². The Bertz CT molecular complexity index is 669. The number of halogens is 2. The van der Waals surface area contributed by atoms with Crippen molar-refractivity contribution < 1.29 is 17.9 Å². The van der Waals surface area contributed by atoms with Gasteiger partial charge in [-0.2, -0.15) is 4.31 Å². The molecule has 0 unspecified atom stereocenters. The topological polar surface area (TPSA) is 60.9 Å². The molecule has 1 saturated heterocycles. The molecular weight excluding hydrogens is 343 g/mol. The van der Waals surface area contributed by atoms with Gasteiger partial charge in [-0.05, 0) is 51.6 Å². The molecule has 5 nitrogen and oxygen atoms in total. The fourth-order valence-corrected chi connectivity index (χ4v) is 4.95. The Morgan fingerprint density at radius 3 is 2.65 bits per heavy atom. The van der Waals surface area contributed by atoms with Gasteiger partial charge in [0.25, 0.3) is 0 Å². The second-order valence-electron chi connectivity index (χ2n) is 6.29. The maximum atomic E-state index is 13.1. The number of nitrogens with zero attached hydrogens (tertiary/aromatic N) is 2. The summed E-state index contributed by atoms with van der Waals surface area (Å²) in [5, 5.41) is 10.5. The molecule has 0 aromatic heterocycles. The van der Waals surface area contributed by atoms with E-state index >= 15 is 0 Å². The van der Waals surface area contributed by atoms with Gasteiger partial charge >= 0.3 is 0 Å². The van der Waals surface area contributed by atoms with Crippen molar-refractivity contribution in [3.63, 3.8) is 0 Å². The van der Waals surface area contributed by atoms with Crippen LogP contribution in [-0.2, 0) is 10.0 Å². The molecule has 1 fully saturated rings. The Kier molecular flexibility index (Phi) is 5.68. The molecule has 1 aliphatic heterocycles. The standard InChI is InChI=1S/C15H22ClFN2O3S/c1-18(2)11-15(20)6-3-8-19(9-7-15)23(21,22)14-5-4-12(17)10-13(14)16/h4-5,10,20H,3,6-9,11H2,1-2H3/t15-/m0/s1. The quantitative estimate of drug-likeness (QED) is 0.887. The third-order valence-corrected chi connectivity index (χ3v) is 6.38. The molecular formula is C15H22ClFN2O3S. The first-order valence-electron chi connectivity index (χ1n) is 7.46. The molecule has 0 saturated carbocycles. The number of benzene rings is 1. The SMILES string of the molecule is CN(C)C[C@]1(O)CCCN(S(=O)(=O)c2ccc(F)cc2Cl)CC1. The highest BCUT2D eigenvalue weighted by Crippen LogP contribution is 2.29. The van der Waals surface area contributed by atoms with E-state index in [2.05, 4.69) is 0 Å². The van der Waals surface area contributed by atoms with E-state index in [1.807, 2.05) is 19.0 Å². The van der Waals surface area contributed by atoms with Crippen LogP contribution in [0.15, 0.2) is 23.1 Å². The van der Waals surface area contributed by atoms with Gasteiger partial charge in [-0.25, -0.2) is 12.8 Å². The number of aliphatic hydroxyl groups is 1. The molecule has 0 amide bonds. The van der Waals surface area contributed by atoms with Gasteiger partial charge in [-0.15, -0.1) is 0 Å². The van der Waals surface area contributed by atoms with E-state index in [0.29, 0.717) is 32.4 Å². The van der Waals surface area contributed by atoms with Crippen LogP contribution in [0.4, 0.5) is 4.39 Å². The van der Waals surface area contributed by atoms with Gasteiger partial charge in [0.15, 0.2) is 0 Å². The van der Waals surface area contributed by atoms with Crippen LogP contribution >= 0.6 is 11.6 Å². The van der Waals surface area contributed by atoms with Crippen molar-refractivity contribution in [3.05, 3.63) is 29.0 Å². The van der Waals surface area contributed by atoms with Gasteiger partial charge in [0.05, 0.1) is 10.6 Å². The predicted octanol–water partition coefficient (Wildman–Crippen LogP) is 1.95. The van der Waals surface area contributed by atoms with Crippen molar-refractivity contribution in [3.8, 4) is 0 Å². The van der Waals surface area contributed by atoms with Crippen LogP contribution < -0.4 is 0 Å². The summed E-state index contributed by atoms with van der Waals surface area (Å²) < 4.78 is 39.9. The number of likely N-dealkylation sites (N-methyl/N-ethyl adjacent to an activating group) is 1. The first kappa shape index (κ1) is 18.6. The number of rotatable bonds is 4. The van der Waals surface area contributed by atoms with Crippen LogP contribution in [0.2, 0.25) is 5.02 Å². The van der Waals surface area contributed by atoms with E-state index < -0.39 is 21.4 Å². The molecule has 1 N–H and O–H groups in total. The highest BCUT2D eigenvalue weighted by molar-refractivity contribution is 7.89. The summed E-state index contributed by atoms with van der Waals surface area (Å²) >= 11 is 5.90. The number of hydrogen-bond donors (Lipinski definition) is 1. The van der Waals surface area contributed by atoms with Crippen molar-refractivity contribution in [1.29, 1.82) is 0 Å². The van der Waals surface area contributed by atoms with Crippen molar-refractivity contribution in [1.82, 2.24) is 9.21 Å². The second-order valence-corrected chi connectivity index (χ2v) is 8.61. The molecule has 0 spiro atoms. The Morgan fingerprint density at radius 2 is 2.04 bits per heavy atom. The van der Waals surface area contributed by atoms with Crippen LogP contribution in [0.25, 0.3) is 0 Å². The van der Waals surface area contributed by atoms with Crippen molar-refractivity contribution in [2.75, 3.05) is 33.7 Å². The first-order valence-corrected chi connectivity index (χ1v) is 9.28. The summed E-state index contributed by atoms with van der Waals surface area (Å²) in [4.78, 5) is 1.79. The molecule has 1 atom stereocenters. The molecule has 1 aromatic carbocycles. The van der Waals surface area contributed by atoms with Gasteiger partial charge in [-0.1, -0.05) is 11.6 Å². The van der Waals surface area contributed by atoms with E-state index in [1.165, 1.54) is 10.4 Å². The van der Waals surface area contributed by atoms with Crippen LogP contribution in [-0.4, -0.2) is 62.1 Å². The number of hydrogen-bond acceptors (Lipinski definition) is 4. The molecule has 0 aliphatic carbocycles. The molecule has 2 rings (SSSR count). The third kappa shape index (κ3) is 4.42. The lowest BCUT2D eigenvalue weighted by molar-refractivity contribution is 0.00405. The summed E-state index contributed by atoms with van der Waals surface area (Å²) in [5.74, 6) is -0.579. The maximum absolute atomic E-state index is 13.1. The lowest BCUT2D eigenvalue weighted by Gasteiger charge is -2.29. The third-order valence-electron chi connectivity index (χ3n) is 4.00. The normalized spacial score (nSPS) is 23.9. The predicted molar refractivity (Wildman–Crippen MR) is 87.5 cm³/mol. The first-order chi connectivity index (χ1) is 10.6. The minimum absolute atomic E-state index is 0.0985.